The van der Waals surface area contributed by atoms with E-state index in [1.807, 2.05) is 62.4 Å². The van der Waals surface area contributed by atoms with Crippen molar-refractivity contribution >= 4 is 33.6 Å². The molecule has 1 aromatic heterocycles. The fourth-order valence-corrected chi connectivity index (χ4v) is 3.48. The normalized spacial score (nSPS) is 10.9. The first-order chi connectivity index (χ1) is 13.5. The van der Waals surface area contributed by atoms with E-state index in [1.165, 1.54) is 0 Å². The van der Waals surface area contributed by atoms with Gasteiger partial charge in [-0.25, -0.2) is 0 Å². The molecule has 0 saturated heterocycles. The van der Waals surface area contributed by atoms with Crippen molar-refractivity contribution in [2.75, 3.05) is 0 Å². The molecule has 5 heteroatoms. The zero-order chi connectivity index (χ0) is 19.7. The van der Waals surface area contributed by atoms with Crippen LogP contribution in [0, 0.1) is 13.8 Å². The second kappa shape index (κ2) is 7.19. The van der Waals surface area contributed by atoms with Crippen LogP contribution in [-0.4, -0.2) is 11.8 Å². The maximum absolute atomic E-state index is 12.4. The van der Waals surface area contributed by atoms with Crippen LogP contribution < -0.4 is 10.9 Å². The number of fused-ring (bicyclic) bond motifs is 3. The summed E-state index contributed by atoms with van der Waals surface area (Å²) >= 11 is 0. The van der Waals surface area contributed by atoms with Gasteiger partial charge in [-0.2, -0.15) is 0 Å². The highest BCUT2D eigenvalue weighted by Gasteiger charge is 2.14. The number of nitrogens with one attached hydrogen (secondary N) is 2. The van der Waals surface area contributed by atoms with Crippen molar-refractivity contribution in [2.45, 2.75) is 20.3 Å². The van der Waals surface area contributed by atoms with Crippen LogP contribution in [0.5, 0.6) is 0 Å². The first-order valence-electron chi connectivity index (χ1n) is 9.07. The largest absolute Gasteiger partial charge is 0.464 e. The van der Waals surface area contributed by atoms with Gasteiger partial charge < -0.3 is 4.42 Å². The molecular weight excluding hydrogens is 352 g/mol. The maximum Gasteiger partial charge on any atom is 0.269 e. The first kappa shape index (κ1) is 17.8. The average Bonchev–Trinajstić information content (AvgIpc) is 3.09. The second-order valence-electron chi connectivity index (χ2n) is 6.92. The molecule has 0 unspecified atom stereocenters. The summed E-state index contributed by atoms with van der Waals surface area (Å²) in [6, 6.07) is 17.4. The molecule has 0 saturated carbocycles. The molecule has 0 aliphatic heterocycles. The summed E-state index contributed by atoms with van der Waals surface area (Å²) in [5.41, 5.74) is 8.97. The van der Waals surface area contributed by atoms with Crippen molar-refractivity contribution in [2.24, 2.45) is 0 Å². The van der Waals surface area contributed by atoms with E-state index in [1.54, 1.807) is 12.3 Å². The molecule has 1 heterocycles. The highest BCUT2D eigenvalue weighted by Crippen LogP contribution is 2.30. The lowest BCUT2D eigenvalue weighted by atomic mass is 10.0. The number of rotatable bonds is 3. The average molecular weight is 372 g/mol. The van der Waals surface area contributed by atoms with Gasteiger partial charge in [-0.05, 0) is 42.3 Å². The summed E-state index contributed by atoms with van der Waals surface area (Å²) < 4.78 is 5.61. The smallest absolute Gasteiger partial charge is 0.269 e. The van der Waals surface area contributed by atoms with E-state index in [0.29, 0.717) is 5.56 Å². The lowest BCUT2D eigenvalue weighted by Gasteiger charge is -2.09. The van der Waals surface area contributed by atoms with Crippen molar-refractivity contribution in [1.82, 2.24) is 10.9 Å². The molecule has 2 amide bonds. The number of aryl methyl sites for hydroxylation is 2. The van der Waals surface area contributed by atoms with Crippen LogP contribution in [-0.2, 0) is 11.2 Å². The van der Waals surface area contributed by atoms with E-state index in [4.69, 9.17) is 4.42 Å². The highest BCUT2D eigenvalue weighted by atomic mass is 16.3. The summed E-state index contributed by atoms with van der Waals surface area (Å²) in [5, 5.41) is 3.05. The van der Waals surface area contributed by atoms with Gasteiger partial charge in [0.1, 0.15) is 5.58 Å². The number of carbonyl (C=O) groups excluding carboxylic acids is 2. The van der Waals surface area contributed by atoms with Gasteiger partial charge in [0.25, 0.3) is 5.91 Å². The molecule has 28 heavy (non-hydrogen) atoms. The van der Waals surface area contributed by atoms with Crippen molar-refractivity contribution in [3.63, 3.8) is 0 Å². The zero-order valence-electron chi connectivity index (χ0n) is 15.7. The van der Waals surface area contributed by atoms with E-state index in [0.717, 1.165) is 38.4 Å². The number of hydrogen-bond donors (Lipinski definition) is 2. The number of benzene rings is 3. The van der Waals surface area contributed by atoms with Crippen LogP contribution in [0.25, 0.3) is 21.7 Å². The Morgan fingerprint density at radius 3 is 2.61 bits per heavy atom. The van der Waals surface area contributed by atoms with Crippen LogP contribution in [0.2, 0.25) is 0 Å². The lowest BCUT2D eigenvalue weighted by Crippen LogP contribution is -2.42. The Balaban J connectivity index is 1.50. The summed E-state index contributed by atoms with van der Waals surface area (Å²) in [4.78, 5) is 24.7. The van der Waals surface area contributed by atoms with Crippen molar-refractivity contribution in [3.8, 4) is 0 Å². The van der Waals surface area contributed by atoms with Gasteiger partial charge in [-0.1, -0.05) is 48.0 Å². The Bertz CT molecular complexity index is 1210. The van der Waals surface area contributed by atoms with E-state index in [-0.39, 0.29) is 18.2 Å². The molecular formula is C23H20N2O3. The molecule has 140 valence electrons. The SMILES string of the molecule is Cc1ccc(C(=O)NNC(=O)Cc2coc3ccc4ccccc4c23)c(C)c1. The van der Waals surface area contributed by atoms with Crippen LogP contribution in [0.15, 0.2) is 65.3 Å². The Morgan fingerprint density at radius 1 is 0.964 bits per heavy atom. The third-order valence-electron chi connectivity index (χ3n) is 4.83. The van der Waals surface area contributed by atoms with E-state index < -0.39 is 0 Å². The molecule has 2 N–H and O–H groups in total. The maximum atomic E-state index is 12.4. The quantitative estimate of drug-likeness (QED) is 0.529. The first-order valence-corrected chi connectivity index (χ1v) is 9.07. The number of furan rings is 1. The molecule has 4 aromatic rings. The van der Waals surface area contributed by atoms with Crippen molar-refractivity contribution in [3.05, 3.63) is 83.1 Å². The van der Waals surface area contributed by atoms with Crippen molar-refractivity contribution < 1.29 is 14.0 Å². The molecule has 5 nitrogen and oxygen atoms in total. The zero-order valence-corrected chi connectivity index (χ0v) is 15.7. The summed E-state index contributed by atoms with van der Waals surface area (Å²) in [6.45, 7) is 3.84. The summed E-state index contributed by atoms with van der Waals surface area (Å²) in [7, 11) is 0. The van der Waals surface area contributed by atoms with Gasteiger partial charge in [0.2, 0.25) is 5.91 Å². The lowest BCUT2D eigenvalue weighted by molar-refractivity contribution is -0.121. The Hall–Kier alpha value is -3.60. The van der Waals surface area contributed by atoms with Gasteiger partial charge in [-0.15, -0.1) is 0 Å². The molecule has 0 fully saturated rings. The fourth-order valence-electron chi connectivity index (χ4n) is 3.48. The number of amides is 2. The van der Waals surface area contributed by atoms with Crippen LogP contribution in [0.4, 0.5) is 0 Å². The van der Waals surface area contributed by atoms with E-state index in [2.05, 4.69) is 10.9 Å². The van der Waals surface area contributed by atoms with Gasteiger partial charge in [0, 0.05) is 16.5 Å². The van der Waals surface area contributed by atoms with E-state index in [9.17, 15) is 9.59 Å². The predicted molar refractivity (Wildman–Crippen MR) is 109 cm³/mol. The Labute approximate surface area is 162 Å². The van der Waals surface area contributed by atoms with Crippen LogP contribution in [0.3, 0.4) is 0 Å². The van der Waals surface area contributed by atoms with Gasteiger partial charge >= 0.3 is 0 Å². The molecule has 3 aromatic carbocycles. The van der Waals surface area contributed by atoms with Crippen LogP contribution in [0.1, 0.15) is 27.0 Å². The molecule has 0 radical (unpaired) electrons. The third kappa shape index (κ3) is 3.34. The minimum absolute atomic E-state index is 0.105. The fraction of sp³-hybridized carbons (Fsp3) is 0.130. The molecule has 4 rings (SSSR count). The van der Waals surface area contributed by atoms with Crippen molar-refractivity contribution in [1.29, 1.82) is 0 Å². The standard InChI is InChI=1S/C23H20N2O3/c1-14-7-9-18(15(2)11-14)23(27)25-24-21(26)12-17-13-28-20-10-8-16-5-3-4-6-19(16)22(17)20/h3-11,13H,12H2,1-2H3,(H,24,26)(H,25,27). The third-order valence-corrected chi connectivity index (χ3v) is 4.83. The second-order valence-corrected chi connectivity index (χ2v) is 6.92. The predicted octanol–water partition coefficient (Wildman–Crippen LogP) is 4.21. The minimum atomic E-state index is -0.339. The Morgan fingerprint density at radius 2 is 1.79 bits per heavy atom. The summed E-state index contributed by atoms with van der Waals surface area (Å²) in [5.74, 6) is -0.651. The summed E-state index contributed by atoms with van der Waals surface area (Å²) in [6.07, 6.45) is 1.71. The van der Waals surface area contributed by atoms with Gasteiger partial charge in [0.15, 0.2) is 0 Å². The van der Waals surface area contributed by atoms with E-state index >= 15 is 0 Å². The highest BCUT2D eigenvalue weighted by molar-refractivity contribution is 6.08. The van der Waals surface area contributed by atoms with Gasteiger partial charge in [-0.3, -0.25) is 20.4 Å². The van der Waals surface area contributed by atoms with Gasteiger partial charge in [0.05, 0.1) is 12.7 Å². The topological polar surface area (TPSA) is 71.3 Å². The van der Waals surface area contributed by atoms with Crippen LogP contribution >= 0.6 is 0 Å². The number of hydrogen-bond acceptors (Lipinski definition) is 3. The molecule has 0 bridgehead atoms. The molecule has 0 aliphatic carbocycles. The Kier molecular flexibility index (Phi) is 4.57. The molecule has 0 aliphatic rings. The number of carbonyl (C=O) groups is 2. The minimum Gasteiger partial charge on any atom is -0.464 e. The number of hydrazine groups is 1. The molecule has 0 atom stereocenters. The molecule has 0 spiro atoms. The monoisotopic (exact) mass is 372 g/mol.